The minimum atomic E-state index is 0.355. The third kappa shape index (κ3) is 2.85. The number of aromatic nitrogens is 3. The Morgan fingerprint density at radius 3 is 2.81 bits per heavy atom. The van der Waals surface area contributed by atoms with Crippen LogP contribution < -0.4 is 14.5 Å². The van der Waals surface area contributed by atoms with Crippen LogP contribution in [0, 0.1) is 0 Å². The molecule has 3 heterocycles. The fourth-order valence-electron chi connectivity index (χ4n) is 3.74. The fourth-order valence-corrected chi connectivity index (χ4v) is 3.74. The first-order valence-corrected chi connectivity index (χ1v) is 9.19. The van der Waals surface area contributed by atoms with E-state index in [2.05, 4.69) is 51.9 Å². The third-order valence-corrected chi connectivity index (χ3v) is 5.10. The van der Waals surface area contributed by atoms with E-state index in [9.17, 15) is 0 Å². The number of fused-ring (bicyclic) bond motifs is 1. The molecule has 26 heavy (non-hydrogen) atoms. The van der Waals surface area contributed by atoms with Crippen LogP contribution in [0.4, 0.5) is 11.5 Å². The van der Waals surface area contributed by atoms with Gasteiger partial charge in [-0.3, -0.25) is 0 Å². The molecule has 1 aromatic carbocycles. The largest absolute Gasteiger partial charge is 0.495 e. The van der Waals surface area contributed by atoms with E-state index in [0.717, 1.165) is 54.7 Å². The van der Waals surface area contributed by atoms with E-state index in [1.54, 1.807) is 7.11 Å². The first kappa shape index (κ1) is 16.7. The fraction of sp³-hybridized carbons (Fsp3) is 0.400. The minimum absolute atomic E-state index is 0.355. The first-order valence-electron chi connectivity index (χ1n) is 9.19. The van der Waals surface area contributed by atoms with Crippen LogP contribution in [0.25, 0.3) is 5.65 Å². The summed E-state index contributed by atoms with van der Waals surface area (Å²) in [6.07, 6.45) is 2.74. The molecular formula is C20H25N5O. The molecule has 136 valence electrons. The molecule has 1 saturated heterocycles. The Morgan fingerprint density at radius 2 is 2.04 bits per heavy atom. The summed E-state index contributed by atoms with van der Waals surface area (Å²) in [6.45, 7) is 7.22. The summed E-state index contributed by atoms with van der Waals surface area (Å²) in [5.74, 6) is 2.06. The summed E-state index contributed by atoms with van der Waals surface area (Å²) in [5, 5.41) is 4.49. The van der Waals surface area contributed by atoms with Gasteiger partial charge >= 0.3 is 0 Å². The van der Waals surface area contributed by atoms with E-state index in [1.807, 2.05) is 28.9 Å². The highest BCUT2D eigenvalue weighted by Crippen LogP contribution is 2.31. The molecule has 0 radical (unpaired) electrons. The lowest BCUT2D eigenvalue weighted by Gasteiger charge is -2.42. The summed E-state index contributed by atoms with van der Waals surface area (Å²) in [4.78, 5) is 9.51. The number of para-hydroxylation sites is 2. The molecule has 3 aromatic rings. The molecule has 0 saturated carbocycles. The molecule has 0 N–H and O–H groups in total. The van der Waals surface area contributed by atoms with Crippen molar-refractivity contribution in [3.8, 4) is 5.75 Å². The van der Waals surface area contributed by atoms with Crippen LogP contribution in [-0.2, 0) is 6.42 Å². The van der Waals surface area contributed by atoms with Crippen LogP contribution in [0.5, 0.6) is 5.75 Å². The van der Waals surface area contributed by atoms with E-state index in [-0.39, 0.29) is 0 Å². The number of rotatable bonds is 4. The van der Waals surface area contributed by atoms with Crippen molar-refractivity contribution in [2.24, 2.45) is 0 Å². The Kier molecular flexibility index (Phi) is 4.41. The lowest BCUT2D eigenvalue weighted by atomic mass is 10.1. The Bertz CT molecular complexity index is 906. The molecular weight excluding hydrogens is 326 g/mol. The van der Waals surface area contributed by atoms with Crippen LogP contribution in [0.1, 0.15) is 19.5 Å². The predicted octanol–water partition coefficient (Wildman–Crippen LogP) is 3.02. The van der Waals surface area contributed by atoms with Gasteiger partial charge in [-0.05, 0) is 25.5 Å². The second-order valence-electron chi connectivity index (χ2n) is 6.72. The Hall–Kier alpha value is -2.76. The average Bonchev–Trinajstić information content (AvgIpc) is 3.16. The van der Waals surface area contributed by atoms with Gasteiger partial charge in [-0.25, -0.2) is 4.98 Å². The number of hydrogen-bond donors (Lipinski definition) is 0. The maximum absolute atomic E-state index is 5.55. The van der Waals surface area contributed by atoms with E-state index in [0.29, 0.717) is 6.04 Å². The van der Waals surface area contributed by atoms with Gasteiger partial charge in [0.05, 0.1) is 19.0 Å². The number of benzene rings is 1. The molecule has 1 fully saturated rings. The quantitative estimate of drug-likeness (QED) is 0.723. The molecule has 0 aliphatic carbocycles. The lowest BCUT2D eigenvalue weighted by molar-refractivity contribution is 0.412. The van der Waals surface area contributed by atoms with Crippen molar-refractivity contribution in [2.75, 3.05) is 36.5 Å². The number of piperazine rings is 1. The topological polar surface area (TPSA) is 45.9 Å². The second-order valence-corrected chi connectivity index (χ2v) is 6.72. The Morgan fingerprint density at radius 1 is 1.19 bits per heavy atom. The molecule has 1 aliphatic rings. The lowest BCUT2D eigenvalue weighted by Crippen LogP contribution is -2.52. The van der Waals surface area contributed by atoms with Crippen molar-refractivity contribution in [3.63, 3.8) is 0 Å². The number of aryl methyl sites for hydroxylation is 1. The van der Waals surface area contributed by atoms with Gasteiger partial charge in [0, 0.05) is 43.5 Å². The number of ether oxygens (including phenoxy) is 1. The van der Waals surface area contributed by atoms with Gasteiger partial charge in [0.25, 0.3) is 0 Å². The molecule has 0 spiro atoms. The normalized spacial score (nSPS) is 17.7. The summed E-state index contributed by atoms with van der Waals surface area (Å²) < 4.78 is 7.50. The molecule has 1 aliphatic heterocycles. The van der Waals surface area contributed by atoms with E-state index < -0.39 is 0 Å². The standard InChI is InChI=1S/C20H25N5O/c1-4-16-13-20(25-19(22-16)9-10-21-25)24-12-11-23(14-15(24)2)17-7-5-6-8-18(17)26-3/h5-10,13,15H,4,11-12,14H2,1-3H3. The molecule has 1 atom stereocenters. The monoisotopic (exact) mass is 351 g/mol. The predicted molar refractivity (Wildman–Crippen MR) is 104 cm³/mol. The van der Waals surface area contributed by atoms with Crippen molar-refractivity contribution in [3.05, 3.63) is 48.3 Å². The van der Waals surface area contributed by atoms with Gasteiger partial charge in [-0.15, -0.1) is 0 Å². The van der Waals surface area contributed by atoms with Gasteiger partial charge in [-0.2, -0.15) is 9.61 Å². The maximum atomic E-state index is 5.55. The zero-order chi connectivity index (χ0) is 18.1. The molecule has 4 rings (SSSR count). The number of anilines is 2. The molecule has 0 bridgehead atoms. The SMILES string of the molecule is CCc1cc(N2CCN(c3ccccc3OC)CC2C)n2nccc2n1. The zero-order valence-electron chi connectivity index (χ0n) is 15.6. The van der Waals surface area contributed by atoms with Crippen LogP contribution in [-0.4, -0.2) is 47.4 Å². The minimum Gasteiger partial charge on any atom is -0.495 e. The summed E-state index contributed by atoms with van der Waals surface area (Å²) in [7, 11) is 1.73. The number of nitrogens with zero attached hydrogens (tertiary/aromatic N) is 5. The van der Waals surface area contributed by atoms with Crippen molar-refractivity contribution in [1.29, 1.82) is 0 Å². The maximum Gasteiger partial charge on any atom is 0.157 e. The van der Waals surface area contributed by atoms with Crippen LogP contribution in [0.3, 0.4) is 0 Å². The van der Waals surface area contributed by atoms with Crippen molar-refractivity contribution >= 4 is 17.2 Å². The molecule has 1 unspecified atom stereocenters. The molecule has 0 amide bonds. The van der Waals surface area contributed by atoms with Gasteiger partial charge in [0.15, 0.2) is 5.65 Å². The van der Waals surface area contributed by atoms with Crippen LogP contribution in [0.15, 0.2) is 42.6 Å². The van der Waals surface area contributed by atoms with Gasteiger partial charge in [-0.1, -0.05) is 19.1 Å². The molecule has 6 nitrogen and oxygen atoms in total. The van der Waals surface area contributed by atoms with Gasteiger partial charge in [0.2, 0.25) is 0 Å². The second kappa shape index (κ2) is 6.86. The third-order valence-electron chi connectivity index (χ3n) is 5.10. The first-order chi connectivity index (χ1) is 12.7. The highest BCUT2D eigenvalue weighted by Gasteiger charge is 2.27. The highest BCUT2D eigenvalue weighted by molar-refractivity contribution is 5.60. The van der Waals surface area contributed by atoms with Crippen molar-refractivity contribution < 1.29 is 4.74 Å². The highest BCUT2D eigenvalue weighted by atomic mass is 16.5. The van der Waals surface area contributed by atoms with Crippen molar-refractivity contribution in [1.82, 2.24) is 14.6 Å². The van der Waals surface area contributed by atoms with Gasteiger partial charge < -0.3 is 14.5 Å². The van der Waals surface area contributed by atoms with E-state index >= 15 is 0 Å². The Balaban J connectivity index is 1.63. The molecule has 6 heteroatoms. The summed E-state index contributed by atoms with van der Waals surface area (Å²) >= 11 is 0. The van der Waals surface area contributed by atoms with Crippen LogP contribution in [0.2, 0.25) is 0 Å². The zero-order valence-corrected chi connectivity index (χ0v) is 15.6. The molecule has 2 aromatic heterocycles. The number of methoxy groups -OCH3 is 1. The van der Waals surface area contributed by atoms with E-state index in [1.165, 1.54) is 0 Å². The van der Waals surface area contributed by atoms with Crippen LogP contribution >= 0.6 is 0 Å². The smallest absolute Gasteiger partial charge is 0.157 e. The average molecular weight is 351 g/mol. The summed E-state index contributed by atoms with van der Waals surface area (Å²) in [5.41, 5.74) is 3.18. The van der Waals surface area contributed by atoms with Crippen molar-refractivity contribution in [2.45, 2.75) is 26.3 Å². The van der Waals surface area contributed by atoms with Gasteiger partial charge in [0.1, 0.15) is 11.6 Å². The Labute approximate surface area is 154 Å². The van der Waals surface area contributed by atoms with E-state index in [4.69, 9.17) is 4.74 Å². The number of hydrogen-bond acceptors (Lipinski definition) is 5. The summed E-state index contributed by atoms with van der Waals surface area (Å²) in [6, 6.07) is 12.7.